The molecule has 2 nitrogen and oxygen atoms in total. The number of hydrogen-bond donors (Lipinski definition) is 0. The number of carbonyl (C=O) groups excluding carboxylic acids is 1. The third kappa shape index (κ3) is 3.59. The highest BCUT2D eigenvalue weighted by molar-refractivity contribution is 5.94. The maximum Gasteiger partial charge on any atom is 0.254 e. The van der Waals surface area contributed by atoms with Crippen molar-refractivity contribution in [2.24, 2.45) is 0 Å². The summed E-state index contributed by atoms with van der Waals surface area (Å²) in [5.41, 5.74) is 2.93. The Morgan fingerprint density at radius 3 is 2.00 bits per heavy atom. The average molecular weight is 229 g/mol. The number of hydrogen-bond acceptors (Lipinski definition) is 1. The Morgan fingerprint density at radius 1 is 1.12 bits per heavy atom. The summed E-state index contributed by atoms with van der Waals surface area (Å²) in [4.78, 5) is 14.0. The Bertz CT molecular complexity index is 404. The van der Waals surface area contributed by atoms with Gasteiger partial charge in [-0.3, -0.25) is 4.79 Å². The van der Waals surface area contributed by atoms with E-state index in [1.54, 1.807) is 17.1 Å². The highest BCUT2D eigenvalue weighted by atomic mass is 16.2. The van der Waals surface area contributed by atoms with E-state index in [1.807, 2.05) is 26.0 Å². The van der Waals surface area contributed by atoms with Crippen LogP contribution in [0.5, 0.6) is 0 Å². The van der Waals surface area contributed by atoms with Crippen molar-refractivity contribution in [2.75, 3.05) is 13.1 Å². The van der Waals surface area contributed by atoms with Crippen molar-refractivity contribution in [3.8, 4) is 0 Å². The molecule has 2 heteroatoms. The smallest absolute Gasteiger partial charge is 0.254 e. The third-order valence-corrected chi connectivity index (χ3v) is 2.45. The molecule has 0 saturated carbocycles. The Kier molecular flexibility index (Phi) is 4.70. The zero-order chi connectivity index (χ0) is 12.8. The van der Waals surface area contributed by atoms with Gasteiger partial charge in [0.15, 0.2) is 0 Å². The molecule has 0 bridgehead atoms. The van der Waals surface area contributed by atoms with E-state index in [2.05, 4.69) is 19.2 Å². The van der Waals surface area contributed by atoms with Crippen LogP contribution in [0.2, 0.25) is 0 Å². The molecule has 0 radical (unpaired) electrons. The van der Waals surface area contributed by atoms with E-state index in [9.17, 15) is 4.79 Å². The second kappa shape index (κ2) is 6.04. The van der Waals surface area contributed by atoms with Gasteiger partial charge in [0.2, 0.25) is 0 Å². The maximum atomic E-state index is 12.3. The van der Waals surface area contributed by atoms with Crippen LogP contribution in [0.1, 0.15) is 21.5 Å². The van der Waals surface area contributed by atoms with E-state index in [-0.39, 0.29) is 5.91 Å². The minimum Gasteiger partial charge on any atom is -0.331 e. The van der Waals surface area contributed by atoms with Gasteiger partial charge in [-0.25, -0.2) is 0 Å². The SMILES string of the molecule is C=CCN(CC=C)C(=O)c1cc(C)cc(C)c1. The van der Waals surface area contributed by atoms with Gasteiger partial charge < -0.3 is 4.90 Å². The van der Waals surface area contributed by atoms with Gasteiger partial charge in [-0.15, -0.1) is 13.2 Å². The van der Waals surface area contributed by atoms with Crippen molar-refractivity contribution < 1.29 is 4.79 Å². The van der Waals surface area contributed by atoms with Crippen LogP contribution in [0.25, 0.3) is 0 Å². The summed E-state index contributed by atoms with van der Waals surface area (Å²) in [5, 5.41) is 0. The van der Waals surface area contributed by atoms with Gasteiger partial charge in [0, 0.05) is 18.7 Å². The summed E-state index contributed by atoms with van der Waals surface area (Å²) in [7, 11) is 0. The van der Waals surface area contributed by atoms with Crippen LogP contribution < -0.4 is 0 Å². The monoisotopic (exact) mass is 229 g/mol. The van der Waals surface area contributed by atoms with Gasteiger partial charge >= 0.3 is 0 Å². The molecule has 0 fully saturated rings. The van der Waals surface area contributed by atoms with Crippen LogP contribution >= 0.6 is 0 Å². The number of amides is 1. The van der Waals surface area contributed by atoms with E-state index in [0.29, 0.717) is 13.1 Å². The van der Waals surface area contributed by atoms with Crippen LogP contribution in [-0.4, -0.2) is 23.9 Å². The lowest BCUT2D eigenvalue weighted by Crippen LogP contribution is -2.31. The zero-order valence-electron chi connectivity index (χ0n) is 10.6. The largest absolute Gasteiger partial charge is 0.331 e. The fraction of sp³-hybridized carbons (Fsp3) is 0.267. The van der Waals surface area contributed by atoms with Crippen LogP contribution in [0.15, 0.2) is 43.5 Å². The topological polar surface area (TPSA) is 20.3 Å². The molecule has 0 atom stereocenters. The molecule has 17 heavy (non-hydrogen) atoms. The summed E-state index contributed by atoms with van der Waals surface area (Å²) in [5.74, 6) is 0.0246. The maximum absolute atomic E-state index is 12.3. The van der Waals surface area contributed by atoms with Gasteiger partial charge in [0.1, 0.15) is 0 Å². The molecule has 0 heterocycles. The first kappa shape index (κ1) is 13.2. The minimum atomic E-state index is 0.0246. The lowest BCUT2D eigenvalue weighted by atomic mass is 10.1. The summed E-state index contributed by atoms with van der Waals surface area (Å²) >= 11 is 0. The predicted octanol–water partition coefficient (Wildman–Crippen LogP) is 3.12. The van der Waals surface area contributed by atoms with E-state index in [1.165, 1.54) is 0 Å². The lowest BCUT2D eigenvalue weighted by Gasteiger charge is -2.19. The van der Waals surface area contributed by atoms with Crippen molar-refractivity contribution in [2.45, 2.75) is 13.8 Å². The average Bonchev–Trinajstić information content (AvgIpc) is 2.26. The fourth-order valence-electron chi connectivity index (χ4n) is 1.83. The molecule has 0 aromatic heterocycles. The number of nitrogens with zero attached hydrogens (tertiary/aromatic N) is 1. The number of carbonyl (C=O) groups is 1. The first-order chi connectivity index (χ1) is 8.08. The van der Waals surface area contributed by atoms with E-state index >= 15 is 0 Å². The molecule has 0 saturated heterocycles. The summed E-state index contributed by atoms with van der Waals surface area (Å²) in [6, 6.07) is 5.88. The molecular weight excluding hydrogens is 210 g/mol. The quantitative estimate of drug-likeness (QED) is 0.710. The highest BCUT2D eigenvalue weighted by Crippen LogP contribution is 2.11. The van der Waals surface area contributed by atoms with Gasteiger partial charge in [0.25, 0.3) is 5.91 Å². The molecule has 1 aromatic carbocycles. The predicted molar refractivity (Wildman–Crippen MR) is 72.2 cm³/mol. The minimum absolute atomic E-state index is 0.0246. The van der Waals surface area contributed by atoms with Crippen LogP contribution in [0, 0.1) is 13.8 Å². The van der Waals surface area contributed by atoms with Crippen molar-refractivity contribution in [1.82, 2.24) is 4.90 Å². The first-order valence-corrected chi connectivity index (χ1v) is 5.68. The first-order valence-electron chi connectivity index (χ1n) is 5.68. The second-order valence-electron chi connectivity index (χ2n) is 4.16. The van der Waals surface area contributed by atoms with E-state index in [4.69, 9.17) is 0 Å². The Labute approximate surface area is 103 Å². The molecule has 1 aromatic rings. The standard InChI is InChI=1S/C15H19NO/c1-5-7-16(8-6-2)15(17)14-10-12(3)9-13(4)11-14/h5-6,9-11H,1-2,7-8H2,3-4H3. The molecule has 1 amide bonds. The van der Waals surface area contributed by atoms with Gasteiger partial charge in [-0.05, 0) is 26.0 Å². The molecule has 0 N–H and O–H groups in total. The Balaban J connectivity index is 2.99. The number of benzene rings is 1. The molecule has 90 valence electrons. The normalized spacial score (nSPS) is 9.76. The molecule has 0 unspecified atom stereocenters. The van der Waals surface area contributed by atoms with Crippen LogP contribution in [0.4, 0.5) is 0 Å². The second-order valence-corrected chi connectivity index (χ2v) is 4.16. The van der Waals surface area contributed by atoms with Crippen molar-refractivity contribution in [1.29, 1.82) is 0 Å². The Hall–Kier alpha value is -1.83. The van der Waals surface area contributed by atoms with Gasteiger partial charge in [-0.1, -0.05) is 29.3 Å². The van der Waals surface area contributed by atoms with Crippen LogP contribution in [0.3, 0.4) is 0 Å². The van der Waals surface area contributed by atoms with Crippen molar-refractivity contribution in [3.05, 3.63) is 60.2 Å². The summed E-state index contributed by atoms with van der Waals surface area (Å²) < 4.78 is 0. The zero-order valence-corrected chi connectivity index (χ0v) is 10.6. The summed E-state index contributed by atoms with van der Waals surface area (Å²) in [6.07, 6.45) is 3.45. The van der Waals surface area contributed by atoms with E-state index < -0.39 is 0 Å². The molecule has 0 aliphatic rings. The van der Waals surface area contributed by atoms with E-state index in [0.717, 1.165) is 16.7 Å². The number of rotatable bonds is 5. The number of aryl methyl sites for hydroxylation is 2. The van der Waals surface area contributed by atoms with Gasteiger partial charge in [0.05, 0.1) is 0 Å². The van der Waals surface area contributed by atoms with Crippen molar-refractivity contribution in [3.63, 3.8) is 0 Å². The molecular formula is C15H19NO. The van der Waals surface area contributed by atoms with Crippen molar-refractivity contribution >= 4 is 5.91 Å². The fourth-order valence-corrected chi connectivity index (χ4v) is 1.83. The molecule has 0 spiro atoms. The highest BCUT2D eigenvalue weighted by Gasteiger charge is 2.13. The van der Waals surface area contributed by atoms with Crippen LogP contribution in [-0.2, 0) is 0 Å². The van der Waals surface area contributed by atoms with Gasteiger partial charge in [-0.2, -0.15) is 0 Å². The Morgan fingerprint density at radius 2 is 1.59 bits per heavy atom. The third-order valence-electron chi connectivity index (χ3n) is 2.45. The summed E-state index contributed by atoms with van der Waals surface area (Å²) in [6.45, 7) is 12.4. The lowest BCUT2D eigenvalue weighted by molar-refractivity contribution is 0.0790. The molecule has 0 aliphatic heterocycles. The molecule has 0 aliphatic carbocycles. The molecule has 1 rings (SSSR count).